The molecule has 3 heterocycles. The molecule has 0 radical (unpaired) electrons. The fourth-order valence-electron chi connectivity index (χ4n) is 4.84. The first-order valence-electron chi connectivity index (χ1n) is 12.0. The number of carbonyl (C=O) groups is 1. The first-order valence-corrected chi connectivity index (χ1v) is 12.0. The Morgan fingerprint density at radius 1 is 1.03 bits per heavy atom. The van der Waals surface area contributed by atoms with Gasteiger partial charge in [-0.1, -0.05) is 48.0 Å². The van der Waals surface area contributed by atoms with Gasteiger partial charge in [0.25, 0.3) is 5.91 Å². The number of nitrogens with zero attached hydrogens (tertiary/aromatic N) is 4. The van der Waals surface area contributed by atoms with Crippen molar-refractivity contribution in [2.75, 3.05) is 13.1 Å². The summed E-state index contributed by atoms with van der Waals surface area (Å²) in [5.41, 5.74) is 6.22. The molecule has 2 aromatic carbocycles. The number of hydrogen-bond acceptors (Lipinski definition) is 3. The molecule has 1 atom stereocenters. The van der Waals surface area contributed by atoms with Gasteiger partial charge in [-0.3, -0.25) is 9.78 Å². The molecule has 1 amide bonds. The van der Waals surface area contributed by atoms with Crippen LogP contribution in [0.15, 0.2) is 79.1 Å². The maximum Gasteiger partial charge on any atom is 0.254 e. The number of piperidine rings is 1. The maximum absolute atomic E-state index is 13.6. The molecule has 1 aliphatic heterocycles. The summed E-state index contributed by atoms with van der Waals surface area (Å²) in [6.07, 6.45) is 5.78. The normalized spacial score (nSPS) is 15.9. The minimum absolute atomic E-state index is 0.105. The zero-order valence-corrected chi connectivity index (χ0v) is 19.8. The molecule has 172 valence electrons. The van der Waals surface area contributed by atoms with Crippen LogP contribution in [0.25, 0.3) is 11.3 Å². The molecule has 4 aromatic rings. The van der Waals surface area contributed by atoms with Crippen molar-refractivity contribution in [3.8, 4) is 11.3 Å². The minimum atomic E-state index is 0.105. The van der Waals surface area contributed by atoms with Crippen molar-refractivity contribution in [2.45, 2.75) is 39.2 Å². The number of rotatable bonds is 5. The van der Waals surface area contributed by atoms with Crippen molar-refractivity contribution >= 4 is 5.91 Å². The van der Waals surface area contributed by atoms with E-state index in [1.54, 1.807) is 6.20 Å². The van der Waals surface area contributed by atoms with E-state index in [2.05, 4.69) is 58.9 Å². The van der Waals surface area contributed by atoms with Crippen molar-refractivity contribution in [3.05, 3.63) is 107 Å². The smallest absolute Gasteiger partial charge is 0.254 e. The van der Waals surface area contributed by atoms with E-state index < -0.39 is 0 Å². The van der Waals surface area contributed by atoms with Crippen molar-refractivity contribution in [1.82, 2.24) is 19.4 Å². The Balaban J connectivity index is 1.36. The third kappa shape index (κ3) is 4.65. The number of aromatic nitrogens is 3. The van der Waals surface area contributed by atoms with Crippen molar-refractivity contribution in [1.29, 1.82) is 0 Å². The minimum Gasteiger partial charge on any atom is -0.338 e. The first kappa shape index (κ1) is 22.1. The van der Waals surface area contributed by atoms with E-state index in [1.165, 1.54) is 5.56 Å². The van der Waals surface area contributed by atoms with Crippen molar-refractivity contribution < 1.29 is 4.79 Å². The SMILES string of the molecule is Cc1cccc(-c2cccc(C3CCCN(C(=O)c4ccccc4Cn4ccnc4C)C3)n2)c1. The van der Waals surface area contributed by atoms with Gasteiger partial charge in [-0.2, -0.15) is 0 Å². The largest absolute Gasteiger partial charge is 0.338 e. The highest BCUT2D eigenvalue weighted by Crippen LogP contribution is 2.29. The Morgan fingerprint density at radius 3 is 2.71 bits per heavy atom. The summed E-state index contributed by atoms with van der Waals surface area (Å²) < 4.78 is 2.08. The molecule has 5 rings (SSSR count). The van der Waals surface area contributed by atoms with Crippen LogP contribution < -0.4 is 0 Å². The van der Waals surface area contributed by atoms with Crippen LogP contribution in [0.5, 0.6) is 0 Å². The molecule has 1 fully saturated rings. The molecule has 2 aromatic heterocycles. The number of imidazole rings is 1. The number of hydrogen-bond donors (Lipinski definition) is 0. The van der Waals surface area contributed by atoms with E-state index in [4.69, 9.17) is 4.98 Å². The Hall–Kier alpha value is -3.73. The average Bonchev–Trinajstić information content (AvgIpc) is 3.28. The summed E-state index contributed by atoms with van der Waals surface area (Å²) >= 11 is 0. The standard InChI is InChI=1S/C29H30N4O/c1-21-8-5-10-23(18-21)27-13-6-14-28(31-27)25-11-7-16-33(20-25)29(34)26-12-4-3-9-24(26)19-32-17-15-30-22(32)2/h3-6,8-10,12-15,17-18,25H,7,11,16,19-20H2,1-2H3. The highest BCUT2D eigenvalue weighted by Gasteiger charge is 2.27. The van der Waals surface area contributed by atoms with Crippen LogP contribution in [0.4, 0.5) is 0 Å². The molecular weight excluding hydrogens is 420 g/mol. The van der Waals surface area contributed by atoms with Gasteiger partial charge in [0.2, 0.25) is 0 Å². The third-order valence-corrected chi connectivity index (χ3v) is 6.72. The molecule has 5 nitrogen and oxygen atoms in total. The van der Waals surface area contributed by atoms with E-state index in [1.807, 2.05) is 42.3 Å². The second-order valence-electron chi connectivity index (χ2n) is 9.17. The molecular formula is C29H30N4O. The summed E-state index contributed by atoms with van der Waals surface area (Å²) in [6.45, 7) is 6.21. The molecule has 0 spiro atoms. The highest BCUT2D eigenvalue weighted by molar-refractivity contribution is 5.95. The molecule has 34 heavy (non-hydrogen) atoms. The average molecular weight is 451 g/mol. The highest BCUT2D eigenvalue weighted by atomic mass is 16.2. The van der Waals surface area contributed by atoms with Crippen LogP contribution in [-0.2, 0) is 6.54 Å². The lowest BCUT2D eigenvalue weighted by Gasteiger charge is -2.33. The van der Waals surface area contributed by atoms with E-state index in [9.17, 15) is 4.79 Å². The van der Waals surface area contributed by atoms with E-state index in [-0.39, 0.29) is 11.8 Å². The van der Waals surface area contributed by atoms with Crippen LogP contribution in [0.3, 0.4) is 0 Å². The summed E-state index contributed by atoms with van der Waals surface area (Å²) in [6, 6.07) is 22.6. The van der Waals surface area contributed by atoms with Crippen LogP contribution in [0.2, 0.25) is 0 Å². The predicted octanol–water partition coefficient (Wildman–Crippen LogP) is 5.63. The molecule has 1 unspecified atom stereocenters. The van der Waals surface area contributed by atoms with Gasteiger partial charge in [0.15, 0.2) is 0 Å². The molecule has 1 saturated heterocycles. The zero-order valence-electron chi connectivity index (χ0n) is 19.8. The van der Waals surface area contributed by atoms with Gasteiger partial charge in [0.05, 0.1) is 5.69 Å². The molecule has 1 aliphatic rings. The van der Waals surface area contributed by atoms with Gasteiger partial charge in [0, 0.05) is 54.8 Å². The van der Waals surface area contributed by atoms with E-state index >= 15 is 0 Å². The Labute approximate surface area is 201 Å². The summed E-state index contributed by atoms with van der Waals surface area (Å²) in [5.74, 6) is 1.29. The zero-order chi connectivity index (χ0) is 23.5. The number of benzene rings is 2. The fourth-order valence-corrected chi connectivity index (χ4v) is 4.84. The number of aryl methyl sites for hydroxylation is 2. The van der Waals surface area contributed by atoms with Crippen molar-refractivity contribution in [3.63, 3.8) is 0 Å². The molecule has 0 bridgehead atoms. The van der Waals surface area contributed by atoms with Crippen LogP contribution in [-0.4, -0.2) is 38.4 Å². The van der Waals surface area contributed by atoms with Crippen LogP contribution in [0.1, 0.15) is 51.8 Å². The summed E-state index contributed by atoms with van der Waals surface area (Å²) in [7, 11) is 0. The number of likely N-dealkylation sites (tertiary alicyclic amines) is 1. The lowest BCUT2D eigenvalue weighted by atomic mass is 9.93. The van der Waals surface area contributed by atoms with Crippen molar-refractivity contribution in [2.24, 2.45) is 0 Å². The van der Waals surface area contributed by atoms with Gasteiger partial charge in [-0.15, -0.1) is 0 Å². The van der Waals surface area contributed by atoms with Gasteiger partial charge >= 0.3 is 0 Å². The second kappa shape index (κ2) is 9.64. The number of pyridine rings is 1. The fraction of sp³-hybridized carbons (Fsp3) is 0.276. The second-order valence-corrected chi connectivity index (χ2v) is 9.17. The maximum atomic E-state index is 13.6. The van der Waals surface area contributed by atoms with Crippen LogP contribution >= 0.6 is 0 Å². The van der Waals surface area contributed by atoms with Gasteiger partial charge in [0.1, 0.15) is 5.82 Å². The molecule has 0 aliphatic carbocycles. The van der Waals surface area contributed by atoms with Gasteiger partial charge in [-0.25, -0.2) is 4.98 Å². The van der Waals surface area contributed by atoms with Crippen LogP contribution in [0, 0.1) is 13.8 Å². The Kier molecular flexibility index (Phi) is 6.26. The summed E-state index contributed by atoms with van der Waals surface area (Å²) in [4.78, 5) is 24.9. The number of amides is 1. The Bertz CT molecular complexity index is 1310. The topological polar surface area (TPSA) is 51.0 Å². The Morgan fingerprint density at radius 2 is 1.88 bits per heavy atom. The lowest BCUT2D eigenvalue weighted by Crippen LogP contribution is -2.39. The van der Waals surface area contributed by atoms with E-state index in [0.29, 0.717) is 13.1 Å². The molecule has 0 N–H and O–H groups in total. The van der Waals surface area contributed by atoms with E-state index in [0.717, 1.165) is 53.3 Å². The molecule has 5 heteroatoms. The lowest BCUT2D eigenvalue weighted by molar-refractivity contribution is 0.0704. The summed E-state index contributed by atoms with van der Waals surface area (Å²) in [5, 5.41) is 0. The van der Waals surface area contributed by atoms with Gasteiger partial charge < -0.3 is 9.47 Å². The number of carbonyl (C=O) groups excluding carboxylic acids is 1. The first-order chi connectivity index (χ1) is 16.6. The predicted molar refractivity (Wildman–Crippen MR) is 135 cm³/mol. The quantitative estimate of drug-likeness (QED) is 0.396. The van der Waals surface area contributed by atoms with Gasteiger partial charge in [-0.05, 0) is 56.5 Å². The monoisotopic (exact) mass is 450 g/mol. The molecule has 0 saturated carbocycles. The third-order valence-electron chi connectivity index (χ3n) is 6.72.